The topological polar surface area (TPSA) is 36.4 Å². The number of nitrogens with one attached hydrogen (secondary N) is 2. The molecule has 3 nitrogen and oxygen atoms in total. The van der Waals surface area contributed by atoms with E-state index >= 15 is 0 Å². The molecule has 0 amide bonds. The highest BCUT2D eigenvalue weighted by molar-refractivity contribution is 14.0. The Labute approximate surface area is 132 Å². The maximum absolute atomic E-state index is 13.4. The summed E-state index contributed by atoms with van der Waals surface area (Å²) in [5, 5.41) is 6.39. The Hall–Kier alpha value is -0.850. The molecule has 0 aliphatic heterocycles. The number of unbranched alkanes of at least 4 members (excludes halogenated alkanes) is 1. The Balaban J connectivity index is 0.00000324. The Kier molecular flexibility index (Phi) is 10.5. The lowest BCUT2D eigenvalue weighted by atomic mass is 10.1. The number of hydrogen-bond acceptors (Lipinski definition) is 1. The molecule has 108 valence electrons. The van der Waals surface area contributed by atoms with Crippen LogP contribution in [0.3, 0.4) is 0 Å². The van der Waals surface area contributed by atoms with Crippen molar-refractivity contribution in [1.29, 1.82) is 0 Å². The molecular weight excluding hydrogens is 356 g/mol. The molecule has 0 spiro atoms. The number of hydrogen-bond donors (Lipinski definition) is 2. The standard InChI is InChI=1S/C14H22FN3.HI/c1-3-4-10-17-14(16-2)18-11-9-12-7-5-6-8-13(12)15;/h5-8H,3-4,9-11H2,1-2H3,(H2,16,17,18);1H. The van der Waals surface area contributed by atoms with Crippen molar-refractivity contribution in [1.82, 2.24) is 10.6 Å². The minimum atomic E-state index is -0.145. The van der Waals surface area contributed by atoms with Gasteiger partial charge >= 0.3 is 0 Å². The highest BCUT2D eigenvalue weighted by atomic mass is 127. The summed E-state index contributed by atoms with van der Waals surface area (Å²) in [7, 11) is 1.74. The van der Waals surface area contributed by atoms with Gasteiger partial charge in [0.15, 0.2) is 5.96 Å². The number of aliphatic imine (C=N–C) groups is 1. The molecule has 5 heteroatoms. The number of halogens is 2. The molecule has 2 N–H and O–H groups in total. The van der Waals surface area contributed by atoms with Crippen LogP contribution in [0.15, 0.2) is 29.3 Å². The van der Waals surface area contributed by atoms with Crippen LogP contribution in [0.2, 0.25) is 0 Å². The first kappa shape index (κ1) is 18.1. The fourth-order valence-electron chi connectivity index (χ4n) is 1.62. The fraction of sp³-hybridized carbons (Fsp3) is 0.500. The van der Waals surface area contributed by atoms with Crippen molar-refractivity contribution in [2.24, 2.45) is 4.99 Å². The second-order valence-electron chi connectivity index (χ2n) is 4.12. The van der Waals surface area contributed by atoms with E-state index in [0.29, 0.717) is 13.0 Å². The zero-order valence-electron chi connectivity index (χ0n) is 11.6. The van der Waals surface area contributed by atoms with Crippen molar-refractivity contribution in [2.45, 2.75) is 26.2 Å². The Morgan fingerprint density at radius 3 is 2.53 bits per heavy atom. The fourth-order valence-corrected chi connectivity index (χ4v) is 1.62. The molecule has 0 heterocycles. The molecule has 0 aromatic heterocycles. The van der Waals surface area contributed by atoms with Crippen LogP contribution >= 0.6 is 24.0 Å². The van der Waals surface area contributed by atoms with E-state index in [1.165, 1.54) is 6.07 Å². The summed E-state index contributed by atoms with van der Waals surface area (Å²) in [6.45, 7) is 3.73. The average Bonchev–Trinajstić information content (AvgIpc) is 2.39. The maximum atomic E-state index is 13.4. The predicted molar refractivity (Wildman–Crippen MR) is 89.8 cm³/mol. The van der Waals surface area contributed by atoms with Crippen LogP contribution in [0.1, 0.15) is 25.3 Å². The minimum absolute atomic E-state index is 0. The Bertz CT molecular complexity index is 383. The predicted octanol–water partition coefficient (Wildman–Crippen LogP) is 2.95. The monoisotopic (exact) mass is 379 g/mol. The summed E-state index contributed by atoms with van der Waals surface area (Å²) in [6.07, 6.45) is 2.92. The number of rotatable bonds is 6. The summed E-state index contributed by atoms with van der Waals surface area (Å²) >= 11 is 0. The molecule has 1 aromatic carbocycles. The van der Waals surface area contributed by atoms with Crippen molar-refractivity contribution in [3.8, 4) is 0 Å². The van der Waals surface area contributed by atoms with Gasteiger partial charge < -0.3 is 10.6 Å². The lowest BCUT2D eigenvalue weighted by Gasteiger charge is -2.11. The molecular formula is C14H23FIN3. The van der Waals surface area contributed by atoms with Crippen LogP contribution in [0, 0.1) is 5.82 Å². The summed E-state index contributed by atoms with van der Waals surface area (Å²) in [6, 6.07) is 6.86. The Morgan fingerprint density at radius 2 is 1.89 bits per heavy atom. The maximum Gasteiger partial charge on any atom is 0.190 e. The van der Waals surface area contributed by atoms with Crippen LogP contribution in [-0.4, -0.2) is 26.1 Å². The van der Waals surface area contributed by atoms with Crippen molar-refractivity contribution < 1.29 is 4.39 Å². The van der Waals surface area contributed by atoms with Gasteiger partial charge in [-0.15, -0.1) is 24.0 Å². The highest BCUT2D eigenvalue weighted by Crippen LogP contribution is 2.05. The van der Waals surface area contributed by atoms with Gasteiger partial charge in [-0.3, -0.25) is 4.99 Å². The molecule has 19 heavy (non-hydrogen) atoms. The zero-order chi connectivity index (χ0) is 13.2. The van der Waals surface area contributed by atoms with Crippen molar-refractivity contribution >= 4 is 29.9 Å². The van der Waals surface area contributed by atoms with Crippen LogP contribution < -0.4 is 10.6 Å². The number of benzene rings is 1. The van der Waals surface area contributed by atoms with E-state index in [2.05, 4.69) is 22.5 Å². The molecule has 0 saturated carbocycles. The summed E-state index contributed by atoms with van der Waals surface area (Å²) in [5.74, 6) is 0.632. The third kappa shape index (κ3) is 7.34. The highest BCUT2D eigenvalue weighted by Gasteiger charge is 2.01. The normalized spacial score (nSPS) is 10.8. The van der Waals surface area contributed by atoms with Crippen molar-refractivity contribution in [3.63, 3.8) is 0 Å². The van der Waals surface area contributed by atoms with Gasteiger partial charge in [-0.2, -0.15) is 0 Å². The van der Waals surface area contributed by atoms with Crippen LogP contribution in [0.5, 0.6) is 0 Å². The Morgan fingerprint density at radius 1 is 1.21 bits per heavy atom. The molecule has 0 atom stereocenters. The van der Waals surface area contributed by atoms with Crippen LogP contribution in [-0.2, 0) is 6.42 Å². The van der Waals surface area contributed by atoms with Gasteiger partial charge in [0.05, 0.1) is 0 Å². The molecule has 0 fully saturated rings. The molecule has 0 aliphatic rings. The van der Waals surface area contributed by atoms with E-state index in [-0.39, 0.29) is 29.8 Å². The molecule has 1 aromatic rings. The van der Waals surface area contributed by atoms with E-state index in [0.717, 1.165) is 30.9 Å². The lowest BCUT2D eigenvalue weighted by molar-refractivity contribution is 0.606. The van der Waals surface area contributed by atoms with Gasteiger partial charge in [-0.25, -0.2) is 4.39 Å². The summed E-state index contributed by atoms with van der Waals surface area (Å²) < 4.78 is 13.4. The van der Waals surface area contributed by atoms with Gasteiger partial charge in [0.2, 0.25) is 0 Å². The quantitative estimate of drug-likeness (QED) is 0.345. The first-order valence-electron chi connectivity index (χ1n) is 6.45. The lowest BCUT2D eigenvalue weighted by Crippen LogP contribution is -2.38. The van der Waals surface area contributed by atoms with Crippen LogP contribution in [0.4, 0.5) is 4.39 Å². The van der Waals surface area contributed by atoms with E-state index in [1.807, 2.05) is 12.1 Å². The third-order valence-electron chi connectivity index (χ3n) is 2.69. The van der Waals surface area contributed by atoms with Gasteiger partial charge in [-0.05, 0) is 24.5 Å². The first-order chi connectivity index (χ1) is 8.77. The van der Waals surface area contributed by atoms with E-state index in [1.54, 1.807) is 13.1 Å². The third-order valence-corrected chi connectivity index (χ3v) is 2.69. The van der Waals surface area contributed by atoms with Gasteiger partial charge in [0.25, 0.3) is 0 Å². The molecule has 1 rings (SSSR count). The first-order valence-corrected chi connectivity index (χ1v) is 6.45. The van der Waals surface area contributed by atoms with Crippen molar-refractivity contribution in [2.75, 3.05) is 20.1 Å². The van der Waals surface area contributed by atoms with Gasteiger partial charge in [0, 0.05) is 20.1 Å². The number of nitrogens with zero attached hydrogens (tertiary/aromatic N) is 1. The van der Waals surface area contributed by atoms with Crippen LogP contribution in [0.25, 0.3) is 0 Å². The molecule has 0 saturated heterocycles. The van der Waals surface area contributed by atoms with Gasteiger partial charge in [0.1, 0.15) is 5.82 Å². The van der Waals surface area contributed by atoms with Crippen molar-refractivity contribution in [3.05, 3.63) is 35.6 Å². The second kappa shape index (κ2) is 11.0. The second-order valence-corrected chi connectivity index (χ2v) is 4.12. The van der Waals surface area contributed by atoms with E-state index in [9.17, 15) is 4.39 Å². The summed E-state index contributed by atoms with van der Waals surface area (Å²) in [4.78, 5) is 4.11. The van der Waals surface area contributed by atoms with E-state index < -0.39 is 0 Å². The molecule has 0 bridgehead atoms. The largest absolute Gasteiger partial charge is 0.356 e. The number of guanidine groups is 1. The summed E-state index contributed by atoms with van der Waals surface area (Å²) in [5.41, 5.74) is 0.731. The SMILES string of the molecule is CCCCNC(=NC)NCCc1ccccc1F.I. The molecule has 0 radical (unpaired) electrons. The average molecular weight is 379 g/mol. The molecule has 0 unspecified atom stereocenters. The van der Waals surface area contributed by atoms with E-state index in [4.69, 9.17) is 0 Å². The zero-order valence-corrected chi connectivity index (χ0v) is 13.9. The smallest absolute Gasteiger partial charge is 0.190 e. The van der Waals surface area contributed by atoms with Gasteiger partial charge in [-0.1, -0.05) is 31.5 Å². The minimum Gasteiger partial charge on any atom is -0.356 e. The molecule has 0 aliphatic carbocycles.